The predicted octanol–water partition coefficient (Wildman–Crippen LogP) is 2.51. The van der Waals surface area contributed by atoms with Crippen LogP contribution in [0.3, 0.4) is 0 Å². The summed E-state index contributed by atoms with van der Waals surface area (Å²) >= 11 is 7.08. The zero-order chi connectivity index (χ0) is 11.2. The largest absolute Gasteiger partial charge is 0.247 e. The van der Waals surface area contributed by atoms with Crippen molar-refractivity contribution in [2.45, 2.75) is 11.1 Å². The Balaban J connectivity index is 2.93. The van der Waals surface area contributed by atoms with Crippen molar-refractivity contribution in [3.8, 4) is 0 Å². The van der Waals surface area contributed by atoms with Crippen LogP contribution in [-0.2, 0) is 10.0 Å². The number of primary sulfonamides is 1. The molecule has 0 aliphatic carbocycles. The van der Waals surface area contributed by atoms with Gasteiger partial charge in [0.2, 0.25) is 10.0 Å². The molecule has 0 radical (unpaired) electrons. The fourth-order valence-electron chi connectivity index (χ4n) is 1.46. The summed E-state index contributed by atoms with van der Waals surface area (Å²) in [5.41, 5.74) is 0.667. The molecule has 3 nitrogen and oxygen atoms in total. The number of benzene rings is 1. The van der Waals surface area contributed by atoms with Gasteiger partial charge in [0.25, 0.3) is 0 Å². The van der Waals surface area contributed by atoms with Gasteiger partial charge in [-0.15, -0.1) is 11.3 Å². The molecule has 0 unspecified atom stereocenters. The molecular weight excluding hydrogens is 254 g/mol. The smallest absolute Gasteiger partial charge is 0.224 e. The van der Waals surface area contributed by atoms with Crippen molar-refractivity contribution in [1.82, 2.24) is 0 Å². The normalized spacial score (nSPS) is 12.2. The van der Waals surface area contributed by atoms with Crippen LogP contribution < -0.4 is 5.14 Å². The predicted molar refractivity (Wildman–Crippen MR) is 62.9 cm³/mol. The summed E-state index contributed by atoms with van der Waals surface area (Å²) in [5.74, 6) is 0. The first-order chi connectivity index (χ1) is 6.91. The van der Waals surface area contributed by atoms with Gasteiger partial charge in [-0.05, 0) is 23.9 Å². The Morgan fingerprint density at radius 2 is 2.07 bits per heavy atom. The standard InChI is InChI=1S/C9H8ClNO2S2/c1-5-6-3-2-4-7(10)8(6)14-9(5)15(11,12)13/h2-4H,1H3,(H2,11,12,13). The van der Waals surface area contributed by atoms with Crippen molar-refractivity contribution >= 4 is 43.0 Å². The average molecular weight is 262 g/mol. The first kappa shape index (κ1) is 10.9. The molecule has 1 aromatic carbocycles. The summed E-state index contributed by atoms with van der Waals surface area (Å²) in [6.07, 6.45) is 0. The first-order valence-electron chi connectivity index (χ1n) is 4.11. The zero-order valence-electron chi connectivity index (χ0n) is 7.82. The number of sulfonamides is 1. The van der Waals surface area contributed by atoms with Gasteiger partial charge in [-0.1, -0.05) is 23.7 Å². The maximum atomic E-state index is 11.3. The van der Waals surface area contributed by atoms with Crippen LogP contribution in [0.2, 0.25) is 5.02 Å². The second-order valence-electron chi connectivity index (χ2n) is 3.18. The zero-order valence-corrected chi connectivity index (χ0v) is 10.2. The van der Waals surface area contributed by atoms with E-state index in [0.29, 0.717) is 10.6 Å². The molecule has 0 bridgehead atoms. The highest BCUT2D eigenvalue weighted by Crippen LogP contribution is 2.37. The molecule has 0 aliphatic heterocycles. The minimum absolute atomic E-state index is 0.186. The van der Waals surface area contributed by atoms with E-state index in [9.17, 15) is 8.42 Å². The Morgan fingerprint density at radius 3 is 2.60 bits per heavy atom. The van der Waals surface area contributed by atoms with E-state index >= 15 is 0 Å². The molecule has 15 heavy (non-hydrogen) atoms. The Labute approximate surface area is 96.5 Å². The van der Waals surface area contributed by atoms with Crippen LogP contribution in [0.5, 0.6) is 0 Å². The molecule has 0 fully saturated rings. The summed E-state index contributed by atoms with van der Waals surface area (Å²) in [6.45, 7) is 1.73. The van der Waals surface area contributed by atoms with Crippen LogP contribution >= 0.6 is 22.9 Å². The van der Waals surface area contributed by atoms with E-state index in [2.05, 4.69) is 0 Å². The summed E-state index contributed by atoms with van der Waals surface area (Å²) in [7, 11) is -3.65. The molecule has 0 aliphatic rings. The topological polar surface area (TPSA) is 60.2 Å². The lowest BCUT2D eigenvalue weighted by molar-refractivity contribution is 0.599. The lowest BCUT2D eigenvalue weighted by Gasteiger charge is -1.94. The van der Waals surface area contributed by atoms with Crippen LogP contribution in [0.1, 0.15) is 5.56 Å². The minimum Gasteiger partial charge on any atom is -0.224 e. The molecule has 2 rings (SSSR count). The van der Waals surface area contributed by atoms with Crippen molar-refractivity contribution in [2.75, 3.05) is 0 Å². The second-order valence-corrected chi connectivity index (χ2v) is 6.36. The SMILES string of the molecule is Cc1c(S(N)(=O)=O)sc2c(Cl)cccc12. The number of hydrogen-bond acceptors (Lipinski definition) is 3. The molecule has 1 heterocycles. The Morgan fingerprint density at radius 1 is 1.40 bits per heavy atom. The van der Waals surface area contributed by atoms with Gasteiger partial charge in [-0.3, -0.25) is 0 Å². The van der Waals surface area contributed by atoms with Gasteiger partial charge in [0.1, 0.15) is 4.21 Å². The third kappa shape index (κ3) is 1.76. The third-order valence-corrected chi connectivity index (χ3v) is 5.46. The molecule has 2 aromatic rings. The van der Waals surface area contributed by atoms with Gasteiger partial charge in [0, 0.05) is 0 Å². The lowest BCUT2D eigenvalue weighted by Crippen LogP contribution is -2.11. The number of rotatable bonds is 1. The quantitative estimate of drug-likeness (QED) is 0.857. The summed E-state index contributed by atoms with van der Waals surface area (Å²) in [6, 6.07) is 5.35. The molecule has 0 amide bonds. The van der Waals surface area contributed by atoms with Crippen LogP contribution in [0, 0.1) is 6.92 Å². The Kier molecular flexibility index (Phi) is 2.50. The molecule has 0 atom stereocenters. The van der Waals surface area contributed by atoms with E-state index in [1.807, 2.05) is 6.07 Å². The van der Waals surface area contributed by atoms with Crippen LogP contribution in [0.4, 0.5) is 0 Å². The molecule has 0 spiro atoms. The van der Waals surface area contributed by atoms with E-state index < -0.39 is 10.0 Å². The second kappa shape index (κ2) is 3.45. The molecular formula is C9H8ClNO2S2. The number of fused-ring (bicyclic) bond motifs is 1. The molecule has 6 heteroatoms. The number of aryl methyl sites for hydroxylation is 1. The minimum atomic E-state index is -3.65. The maximum absolute atomic E-state index is 11.3. The van der Waals surface area contributed by atoms with E-state index in [1.165, 1.54) is 0 Å². The summed E-state index contributed by atoms with van der Waals surface area (Å²) in [4.78, 5) is 0. The molecule has 0 saturated heterocycles. The Hall–Kier alpha value is -0.620. The van der Waals surface area contributed by atoms with E-state index in [0.717, 1.165) is 21.4 Å². The van der Waals surface area contributed by atoms with Gasteiger partial charge < -0.3 is 0 Å². The van der Waals surface area contributed by atoms with Crippen molar-refractivity contribution in [2.24, 2.45) is 5.14 Å². The van der Waals surface area contributed by atoms with Crippen molar-refractivity contribution < 1.29 is 8.42 Å². The third-order valence-electron chi connectivity index (χ3n) is 2.13. The highest BCUT2D eigenvalue weighted by atomic mass is 35.5. The van der Waals surface area contributed by atoms with Crippen molar-refractivity contribution in [3.63, 3.8) is 0 Å². The monoisotopic (exact) mass is 261 g/mol. The van der Waals surface area contributed by atoms with Gasteiger partial charge in [0.05, 0.1) is 9.72 Å². The highest BCUT2D eigenvalue weighted by Gasteiger charge is 2.18. The van der Waals surface area contributed by atoms with Crippen molar-refractivity contribution in [3.05, 3.63) is 28.8 Å². The van der Waals surface area contributed by atoms with Crippen LogP contribution in [-0.4, -0.2) is 8.42 Å². The summed E-state index contributed by atoms with van der Waals surface area (Å²) in [5, 5.41) is 6.51. The van der Waals surface area contributed by atoms with Gasteiger partial charge in [-0.25, -0.2) is 13.6 Å². The number of hydrogen-bond donors (Lipinski definition) is 1. The van der Waals surface area contributed by atoms with Crippen LogP contribution in [0.25, 0.3) is 10.1 Å². The van der Waals surface area contributed by atoms with Gasteiger partial charge in [-0.2, -0.15) is 0 Å². The number of halogens is 1. The van der Waals surface area contributed by atoms with Crippen molar-refractivity contribution in [1.29, 1.82) is 0 Å². The Bertz CT molecular complexity index is 631. The summed E-state index contributed by atoms with van der Waals surface area (Å²) < 4.78 is 23.5. The van der Waals surface area contributed by atoms with Crippen LogP contribution in [0.15, 0.2) is 22.4 Å². The van der Waals surface area contributed by atoms with Gasteiger partial charge in [0.15, 0.2) is 0 Å². The molecule has 80 valence electrons. The fraction of sp³-hybridized carbons (Fsp3) is 0.111. The van der Waals surface area contributed by atoms with E-state index in [-0.39, 0.29) is 4.21 Å². The average Bonchev–Trinajstić information content (AvgIpc) is 2.45. The van der Waals surface area contributed by atoms with Gasteiger partial charge >= 0.3 is 0 Å². The number of thiophene rings is 1. The highest BCUT2D eigenvalue weighted by molar-refractivity contribution is 7.91. The maximum Gasteiger partial charge on any atom is 0.247 e. The fourth-order valence-corrected chi connectivity index (χ4v) is 3.95. The molecule has 2 N–H and O–H groups in total. The molecule has 0 saturated carbocycles. The van der Waals surface area contributed by atoms with E-state index in [4.69, 9.17) is 16.7 Å². The number of nitrogens with two attached hydrogens (primary N) is 1. The first-order valence-corrected chi connectivity index (χ1v) is 6.86. The molecule has 1 aromatic heterocycles. The van der Waals surface area contributed by atoms with E-state index in [1.54, 1.807) is 19.1 Å². The lowest BCUT2D eigenvalue weighted by atomic mass is 10.2.